The lowest BCUT2D eigenvalue weighted by atomic mass is 9.94. The Morgan fingerprint density at radius 1 is 1.53 bits per heavy atom. The number of halogens is 2. The number of nitrogens with two attached hydrogens (primary N) is 1. The molecule has 84 valence electrons. The second-order valence-electron chi connectivity index (χ2n) is 3.82. The van der Waals surface area contributed by atoms with Crippen molar-refractivity contribution in [2.45, 2.75) is 19.4 Å². The van der Waals surface area contributed by atoms with E-state index in [-0.39, 0.29) is 22.1 Å². The van der Waals surface area contributed by atoms with Crippen molar-refractivity contribution < 1.29 is 14.2 Å². The minimum absolute atomic E-state index is 0.0189. The summed E-state index contributed by atoms with van der Waals surface area (Å²) in [6.45, 7) is 3.24. The minimum atomic E-state index is -0.948. The van der Waals surface area contributed by atoms with Crippen molar-refractivity contribution in [2.75, 3.05) is 7.11 Å². The van der Waals surface area contributed by atoms with Gasteiger partial charge in [-0.3, -0.25) is 0 Å². The molecule has 0 aliphatic heterocycles. The molecule has 0 aromatic heterocycles. The summed E-state index contributed by atoms with van der Waals surface area (Å²) in [5.41, 5.74) is 4.98. The minimum Gasteiger partial charge on any atom is -0.504 e. The molecule has 0 amide bonds. The summed E-state index contributed by atoms with van der Waals surface area (Å²) >= 11 is 5.74. The van der Waals surface area contributed by atoms with E-state index in [0.29, 0.717) is 0 Å². The average molecular weight is 234 g/mol. The van der Waals surface area contributed by atoms with Gasteiger partial charge in [0.2, 0.25) is 0 Å². The topological polar surface area (TPSA) is 55.5 Å². The Balaban J connectivity index is 3.55. The van der Waals surface area contributed by atoms with Crippen molar-refractivity contribution in [3.8, 4) is 11.5 Å². The number of ether oxygens (including phenoxy) is 1. The molecule has 1 rings (SSSR count). The highest BCUT2D eigenvalue weighted by molar-refractivity contribution is 6.32. The monoisotopic (exact) mass is 233 g/mol. The maximum absolute atomic E-state index is 13.4. The van der Waals surface area contributed by atoms with E-state index in [1.807, 2.05) is 0 Å². The summed E-state index contributed by atoms with van der Waals surface area (Å²) in [5, 5.41) is 9.59. The molecule has 0 atom stereocenters. The molecule has 0 saturated carbocycles. The Morgan fingerprint density at radius 3 is 2.47 bits per heavy atom. The predicted octanol–water partition coefficient (Wildman–Crippen LogP) is 2.39. The number of phenolic OH excluding ortho intramolecular Hbond substituents is 1. The molecule has 15 heavy (non-hydrogen) atoms. The molecule has 3 nitrogen and oxygen atoms in total. The van der Waals surface area contributed by atoms with Gasteiger partial charge in [-0.2, -0.15) is 0 Å². The molecule has 0 aliphatic rings. The molecular weight excluding hydrogens is 221 g/mol. The van der Waals surface area contributed by atoms with Crippen molar-refractivity contribution in [1.82, 2.24) is 0 Å². The summed E-state index contributed by atoms with van der Waals surface area (Å²) in [4.78, 5) is 0. The number of hydrogen-bond donors (Lipinski definition) is 2. The van der Waals surface area contributed by atoms with Gasteiger partial charge in [0.25, 0.3) is 0 Å². The lowest BCUT2D eigenvalue weighted by Gasteiger charge is -2.23. The van der Waals surface area contributed by atoms with E-state index < -0.39 is 11.4 Å². The van der Waals surface area contributed by atoms with Crippen LogP contribution in [0.25, 0.3) is 0 Å². The van der Waals surface area contributed by atoms with E-state index in [1.54, 1.807) is 13.8 Å². The summed E-state index contributed by atoms with van der Waals surface area (Å²) < 4.78 is 18.2. The number of benzene rings is 1. The van der Waals surface area contributed by atoms with Crippen LogP contribution in [0.5, 0.6) is 11.5 Å². The highest BCUT2D eigenvalue weighted by Crippen LogP contribution is 2.41. The van der Waals surface area contributed by atoms with Gasteiger partial charge in [-0.05, 0) is 13.8 Å². The van der Waals surface area contributed by atoms with Gasteiger partial charge < -0.3 is 15.6 Å². The van der Waals surface area contributed by atoms with E-state index in [0.717, 1.165) is 6.07 Å². The standard InChI is InChI=1S/C10H13ClFNO2/c1-10(2,13)7-8(11)5(12)4-6(15-3)9(7)14/h4,14H,13H2,1-3H3. The molecule has 0 saturated heterocycles. The van der Waals surface area contributed by atoms with E-state index >= 15 is 0 Å². The quantitative estimate of drug-likeness (QED) is 0.825. The molecule has 0 bridgehead atoms. The first-order valence-corrected chi connectivity index (χ1v) is 4.71. The van der Waals surface area contributed by atoms with Crippen LogP contribution in [0.15, 0.2) is 6.07 Å². The molecule has 0 unspecified atom stereocenters. The molecule has 0 fully saturated rings. The first kappa shape index (κ1) is 12.1. The Hall–Kier alpha value is -1.00. The van der Waals surface area contributed by atoms with Gasteiger partial charge in [0.1, 0.15) is 5.82 Å². The Labute approximate surface area is 92.6 Å². The maximum Gasteiger partial charge on any atom is 0.164 e. The van der Waals surface area contributed by atoms with Gasteiger partial charge in [-0.1, -0.05) is 11.6 Å². The van der Waals surface area contributed by atoms with Gasteiger partial charge in [0, 0.05) is 17.2 Å². The first-order valence-electron chi connectivity index (χ1n) is 4.33. The van der Waals surface area contributed by atoms with Gasteiger partial charge >= 0.3 is 0 Å². The molecular formula is C10H13ClFNO2. The molecule has 3 N–H and O–H groups in total. The molecule has 0 heterocycles. The molecule has 0 spiro atoms. The lowest BCUT2D eigenvalue weighted by Crippen LogP contribution is -2.29. The van der Waals surface area contributed by atoms with Gasteiger partial charge in [0.05, 0.1) is 12.1 Å². The van der Waals surface area contributed by atoms with Gasteiger partial charge in [-0.15, -0.1) is 0 Å². The van der Waals surface area contributed by atoms with Crippen LogP contribution in [0.2, 0.25) is 5.02 Å². The second-order valence-corrected chi connectivity index (χ2v) is 4.20. The third-order valence-electron chi connectivity index (χ3n) is 2.02. The van der Waals surface area contributed by atoms with Crippen LogP contribution in [0.4, 0.5) is 4.39 Å². The van der Waals surface area contributed by atoms with Crippen molar-refractivity contribution in [2.24, 2.45) is 5.73 Å². The summed E-state index contributed by atoms with van der Waals surface area (Å²) in [5.74, 6) is -0.873. The number of methoxy groups -OCH3 is 1. The number of rotatable bonds is 2. The zero-order valence-corrected chi connectivity index (χ0v) is 9.52. The fourth-order valence-electron chi connectivity index (χ4n) is 1.34. The van der Waals surface area contributed by atoms with Crippen molar-refractivity contribution in [1.29, 1.82) is 0 Å². The van der Waals surface area contributed by atoms with Crippen LogP contribution in [0, 0.1) is 5.82 Å². The number of aromatic hydroxyl groups is 1. The SMILES string of the molecule is COc1cc(F)c(Cl)c(C(C)(C)N)c1O. The molecule has 0 aliphatic carbocycles. The fraction of sp³-hybridized carbons (Fsp3) is 0.400. The van der Waals surface area contributed by atoms with Crippen LogP contribution in [-0.4, -0.2) is 12.2 Å². The average Bonchev–Trinajstić information content (AvgIpc) is 2.09. The normalized spacial score (nSPS) is 11.6. The molecule has 0 radical (unpaired) electrons. The van der Waals surface area contributed by atoms with E-state index in [1.165, 1.54) is 7.11 Å². The molecule has 5 heteroatoms. The van der Waals surface area contributed by atoms with Crippen LogP contribution < -0.4 is 10.5 Å². The highest BCUT2D eigenvalue weighted by atomic mass is 35.5. The third kappa shape index (κ3) is 2.16. The summed E-state index contributed by atoms with van der Waals surface area (Å²) in [6.07, 6.45) is 0. The number of hydrogen-bond acceptors (Lipinski definition) is 3. The van der Waals surface area contributed by atoms with Crippen LogP contribution in [0.1, 0.15) is 19.4 Å². The molecule has 1 aromatic rings. The lowest BCUT2D eigenvalue weighted by molar-refractivity contribution is 0.359. The maximum atomic E-state index is 13.4. The van der Waals surface area contributed by atoms with E-state index in [9.17, 15) is 9.50 Å². The second kappa shape index (κ2) is 3.87. The first-order chi connectivity index (χ1) is 6.79. The number of phenols is 1. The Bertz CT molecular complexity index is 388. The fourth-order valence-corrected chi connectivity index (χ4v) is 1.72. The van der Waals surface area contributed by atoms with Crippen molar-refractivity contribution >= 4 is 11.6 Å². The third-order valence-corrected chi connectivity index (χ3v) is 2.39. The zero-order valence-electron chi connectivity index (χ0n) is 8.77. The van der Waals surface area contributed by atoms with Crippen LogP contribution >= 0.6 is 11.6 Å². The van der Waals surface area contributed by atoms with Crippen LogP contribution in [0.3, 0.4) is 0 Å². The highest BCUT2D eigenvalue weighted by Gasteiger charge is 2.27. The van der Waals surface area contributed by atoms with Crippen LogP contribution in [-0.2, 0) is 5.54 Å². The largest absolute Gasteiger partial charge is 0.504 e. The molecule has 1 aromatic carbocycles. The van der Waals surface area contributed by atoms with E-state index in [2.05, 4.69) is 0 Å². The van der Waals surface area contributed by atoms with Crippen molar-refractivity contribution in [3.63, 3.8) is 0 Å². The van der Waals surface area contributed by atoms with Gasteiger partial charge in [0.15, 0.2) is 11.5 Å². The Morgan fingerprint density at radius 2 is 2.07 bits per heavy atom. The zero-order chi connectivity index (χ0) is 11.8. The smallest absolute Gasteiger partial charge is 0.164 e. The summed E-state index contributed by atoms with van der Waals surface area (Å²) in [6, 6.07) is 1.02. The van der Waals surface area contributed by atoms with Crippen molar-refractivity contribution in [3.05, 3.63) is 22.5 Å². The van der Waals surface area contributed by atoms with Gasteiger partial charge in [-0.25, -0.2) is 4.39 Å². The van der Waals surface area contributed by atoms with E-state index in [4.69, 9.17) is 22.1 Å². The summed E-state index contributed by atoms with van der Waals surface area (Å²) in [7, 11) is 1.33. The predicted molar refractivity (Wildman–Crippen MR) is 56.8 cm³/mol. The Kier molecular flexibility index (Phi) is 3.11.